The van der Waals surface area contributed by atoms with Gasteiger partial charge in [0.1, 0.15) is 0 Å². The van der Waals surface area contributed by atoms with E-state index in [4.69, 9.17) is 0 Å². The molecule has 0 unspecified atom stereocenters. The average Bonchev–Trinajstić information content (AvgIpc) is 3.67. The fraction of sp³-hybridized carbons (Fsp3) is 0. The zero-order valence-corrected chi connectivity index (χ0v) is 26.2. The Kier molecular flexibility index (Phi) is 5.91. The Hall–Kier alpha value is -6.38. The van der Waals surface area contributed by atoms with Crippen molar-refractivity contribution < 1.29 is 0 Å². The van der Waals surface area contributed by atoms with Crippen molar-refractivity contribution in [1.29, 1.82) is 0 Å². The highest BCUT2D eigenvalue weighted by molar-refractivity contribution is 6.13. The first-order chi connectivity index (χ1) is 23.8. The molecule has 0 aliphatic heterocycles. The van der Waals surface area contributed by atoms with Crippen LogP contribution in [0, 0.1) is 0 Å². The molecule has 0 N–H and O–H groups in total. The van der Waals surface area contributed by atoms with E-state index in [1.165, 1.54) is 82.3 Å². The van der Waals surface area contributed by atoms with E-state index in [-0.39, 0.29) is 0 Å². The molecule has 0 saturated heterocycles. The zero-order chi connectivity index (χ0) is 31.6. The number of hydrogen-bond acceptors (Lipinski definition) is 0. The van der Waals surface area contributed by atoms with Gasteiger partial charge >= 0.3 is 0 Å². The average molecular weight is 611 g/mol. The quantitative estimate of drug-likeness (QED) is 0.188. The van der Waals surface area contributed by atoms with Gasteiger partial charge in [0.05, 0.1) is 27.8 Å². The van der Waals surface area contributed by atoms with Gasteiger partial charge in [-0.2, -0.15) is 0 Å². The Morgan fingerprint density at radius 1 is 0.271 bits per heavy atom. The standard InChI is InChI=1S/C46H30N2/c1-3-12-31(13-4-1)35-22-25-39-41-29-33(23-26-44(41)47(46(39)30-35)36-16-5-2-6-17-36)34-24-27-45-40(28-34)38-19-9-10-20-43(38)48(45)42-21-11-15-32-14-7-8-18-37(32)42/h1-30H. The number of para-hydroxylation sites is 2. The minimum Gasteiger partial charge on any atom is -0.309 e. The summed E-state index contributed by atoms with van der Waals surface area (Å²) in [6.07, 6.45) is 0. The molecule has 0 spiro atoms. The van der Waals surface area contributed by atoms with Crippen LogP contribution in [-0.4, -0.2) is 9.13 Å². The smallest absolute Gasteiger partial charge is 0.0547 e. The van der Waals surface area contributed by atoms with Gasteiger partial charge < -0.3 is 9.13 Å². The lowest BCUT2D eigenvalue weighted by atomic mass is 9.99. The Balaban J connectivity index is 1.19. The number of aromatic nitrogens is 2. The number of fused-ring (bicyclic) bond motifs is 7. The highest BCUT2D eigenvalue weighted by atomic mass is 15.0. The van der Waals surface area contributed by atoms with Gasteiger partial charge in [-0.05, 0) is 82.2 Å². The number of benzene rings is 8. The molecular weight excluding hydrogens is 581 g/mol. The van der Waals surface area contributed by atoms with Crippen molar-refractivity contribution in [2.45, 2.75) is 0 Å². The van der Waals surface area contributed by atoms with Crippen molar-refractivity contribution in [3.05, 3.63) is 182 Å². The molecule has 10 rings (SSSR count). The summed E-state index contributed by atoms with van der Waals surface area (Å²) in [6, 6.07) is 66.2. The molecule has 2 heteroatoms. The van der Waals surface area contributed by atoms with Crippen molar-refractivity contribution in [2.75, 3.05) is 0 Å². The van der Waals surface area contributed by atoms with Gasteiger partial charge in [0, 0.05) is 32.6 Å². The maximum atomic E-state index is 2.43. The summed E-state index contributed by atoms with van der Waals surface area (Å²) < 4.78 is 4.83. The molecule has 8 aromatic carbocycles. The van der Waals surface area contributed by atoms with Crippen LogP contribution in [0.5, 0.6) is 0 Å². The molecule has 0 bridgehead atoms. The molecule has 0 radical (unpaired) electrons. The van der Waals surface area contributed by atoms with E-state index in [9.17, 15) is 0 Å². The van der Waals surface area contributed by atoms with Crippen molar-refractivity contribution in [2.24, 2.45) is 0 Å². The fourth-order valence-corrected chi connectivity index (χ4v) is 7.68. The van der Waals surface area contributed by atoms with E-state index >= 15 is 0 Å². The second-order valence-electron chi connectivity index (χ2n) is 12.6. The molecule has 224 valence electrons. The van der Waals surface area contributed by atoms with Crippen LogP contribution in [-0.2, 0) is 0 Å². The number of hydrogen-bond donors (Lipinski definition) is 0. The first-order valence-electron chi connectivity index (χ1n) is 16.5. The Bertz CT molecular complexity index is 2810. The summed E-state index contributed by atoms with van der Waals surface area (Å²) in [4.78, 5) is 0. The van der Waals surface area contributed by atoms with E-state index in [1.54, 1.807) is 0 Å². The summed E-state index contributed by atoms with van der Waals surface area (Å²) in [6.45, 7) is 0. The maximum Gasteiger partial charge on any atom is 0.0547 e. The first kappa shape index (κ1) is 26.8. The number of rotatable bonds is 4. The molecule has 0 atom stereocenters. The molecule has 0 aliphatic rings. The Labute approximate surface area is 278 Å². The van der Waals surface area contributed by atoms with Crippen LogP contribution in [0.1, 0.15) is 0 Å². The zero-order valence-electron chi connectivity index (χ0n) is 26.2. The van der Waals surface area contributed by atoms with Crippen LogP contribution in [0.3, 0.4) is 0 Å². The van der Waals surface area contributed by atoms with Crippen molar-refractivity contribution in [3.63, 3.8) is 0 Å². The van der Waals surface area contributed by atoms with Crippen LogP contribution in [0.2, 0.25) is 0 Å². The molecule has 2 aromatic heterocycles. The molecule has 0 saturated carbocycles. The summed E-state index contributed by atoms with van der Waals surface area (Å²) in [7, 11) is 0. The van der Waals surface area contributed by atoms with Crippen LogP contribution in [0.4, 0.5) is 0 Å². The largest absolute Gasteiger partial charge is 0.309 e. The minimum atomic E-state index is 1.16. The summed E-state index contributed by atoms with van der Waals surface area (Å²) >= 11 is 0. The summed E-state index contributed by atoms with van der Waals surface area (Å²) in [5.41, 5.74) is 12.1. The SMILES string of the molecule is c1ccc(-c2ccc3c4cc(-c5ccc6c(c5)c5ccccc5n6-c5cccc6ccccc56)ccc4n(-c4ccccc4)c3c2)cc1. The van der Waals surface area contributed by atoms with E-state index in [0.717, 1.165) is 5.69 Å². The molecule has 0 amide bonds. The Morgan fingerprint density at radius 3 is 1.58 bits per heavy atom. The van der Waals surface area contributed by atoms with E-state index in [2.05, 4.69) is 191 Å². The predicted octanol–water partition coefficient (Wildman–Crippen LogP) is 12.4. The molecule has 10 aromatic rings. The molecule has 0 fully saturated rings. The molecule has 2 nitrogen and oxygen atoms in total. The maximum absolute atomic E-state index is 2.43. The van der Waals surface area contributed by atoms with Gasteiger partial charge in [-0.25, -0.2) is 0 Å². The Morgan fingerprint density at radius 2 is 0.812 bits per heavy atom. The number of nitrogens with zero attached hydrogens (tertiary/aromatic N) is 2. The lowest BCUT2D eigenvalue weighted by Gasteiger charge is -2.12. The molecule has 0 aliphatic carbocycles. The van der Waals surface area contributed by atoms with Crippen molar-refractivity contribution in [1.82, 2.24) is 9.13 Å². The fourth-order valence-electron chi connectivity index (χ4n) is 7.68. The molecule has 48 heavy (non-hydrogen) atoms. The second kappa shape index (κ2) is 10.6. The highest BCUT2D eigenvalue weighted by Gasteiger charge is 2.17. The van der Waals surface area contributed by atoms with Crippen molar-refractivity contribution >= 4 is 54.4 Å². The van der Waals surface area contributed by atoms with Crippen LogP contribution >= 0.6 is 0 Å². The van der Waals surface area contributed by atoms with Gasteiger partial charge in [0.2, 0.25) is 0 Å². The van der Waals surface area contributed by atoms with E-state index in [0.29, 0.717) is 0 Å². The van der Waals surface area contributed by atoms with Crippen LogP contribution in [0.25, 0.3) is 88.0 Å². The topological polar surface area (TPSA) is 9.86 Å². The second-order valence-corrected chi connectivity index (χ2v) is 12.6. The van der Waals surface area contributed by atoms with Gasteiger partial charge in [0.15, 0.2) is 0 Å². The predicted molar refractivity (Wildman–Crippen MR) is 203 cm³/mol. The van der Waals surface area contributed by atoms with Gasteiger partial charge in [0.25, 0.3) is 0 Å². The lowest BCUT2D eigenvalue weighted by molar-refractivity contribution is 1.18. The van der Waals surface area contributed by atoms with Gasteiger partial charge in [-0.3, -0.25) is 0 Å². The first-order valence-corrected chi connectivity index (χ1v) is 16.5. The van der Waals surface area contributed by atoms with E-state index in [1.807, 2.05) is 0 Å². The normalized spacial score (nSPS) is 11.8. The van der Waals surface area contributed by atoms with Crippen molar-refractivity contribution in [3.8, 4) is 33.6 Å². The van der Waals surface area contributed by atoms with Gasteiger partial charge in [-0.1, -0.05) is 127 Å². The third-order valence-electron chi connectivity index (χ3n) is 9.90. The van der Waals surface area contributed by atoms with E-state index < -0.39 is 0 Å². The lowest BCUT2D eigenvalue weighted by Crippen LogP contribution is -1.95. The monoisotopic (exact) mass is 610 g/mol. The molecular formula is C46H30N2. The van der Waals surface area contributed by atoms with Crippen LogP contribution < -0.4 is 0 Å². The summed E-state index contributed by atoms with van der Waals surface area (Å²) in [5, 5.41) is 7.53. The third-order valence-corrected chi connectivity index (χ3v) is 9.90. The van der Waals surface area contributed by atoms with Crippen LogP contribution in [0.15, 0.2) is 182 Å². The van der Waals surface area contributed by atoms with Gasteiger partial charge in [-0.15, -0.1) is 0 Å². The highest BCUT2D eigenvalue weighted by Crippen LogP contribution is 2.40. The molecule has 2 heterocycles. The third kappa shape index (κ3) is 4.06. The summed E-state index contributed by atoms with van der Waals surface area (Å²) in [5.74, 6) is 0. The minimum absolute atomic E-state index is 1.16.